The summed E-state index contributed by atoms with van der Waals surface area (Å²) in [6, 6.07) is 8.22. The Morgan fingerprint density at radius 3 is 2.86 bits per heavy atom. The molecule has 0 amide bonds. The van der Waals surface area contributed by atoms with E-state index in [0.29, 0.717) is 12.3 Å². The minimum Gasteiger partial charge on any atom is -0.423 e. The van der Waals surface area contributed by atoms with Crippen LogP contribution in [0, 0.1) is 23.7 Å². The van der Waals surface area contributed by atoms with E-state index in [1.54, 1.807) is 0 Å². The van der Waals surface area contributed by atoms with Crippen molar-refractivity contribution in [3.8, 4) is 17.5 Å². The molecule has 0 radical (unpaired) electrons. The van der Waals surface area contributed by atoms with Crippen molar-refractivity contribution in [2.45, 2.75) is 33.6 Å². The molecule has 0 unspecified atom stereocenters. The van der Waals surface area contributed by atoms with Crippen LogP contribution in [0.2, 0.25) is 0 Å². The van der Waals surface area contributed by atoms with Crippen LogP contribution in [0.4, 0.5) is 5.69 Å². The van der Waals surface area contributed by atoms with E-state index in [9.17, 15) is 0 Å². The van der Waals surface area contributed by atoms with E-state index in [-0.39, 0.29) is 5.41 Å². The highest BCUT2D eigenvalue weighted by atomic mass is 16.4. The molecule has 110 valence electrons. The number of anilines is 1. The van der Waals surface area contributed by atoms with Gasteiger partial charge in [-0.1, -0.05) is 19.9 Å². The van der Waals surface area contributed by atoms with Gasteiger partial charge in [0.25, 0.3) is 0 Å². The largest absolute Gasteiger partial charge is 0.423 e. The summed E-state index contributed by atoms with van der Waals surface area (Å²) in [5.74, 6) is 0.516. The number of nitrogens with zero attached hydrogens (tertiary/aromatic N) is 3. The van der Waals surface area contributed by atoms with Crippen LogP contribution in [-0.2, 0) is 0 Å². The van der Waals surface area contributed by atoms with Gasteiger partial charge in [0.2, 0.25) is 12.3 Å². The standard InChI is InChI=1S/C16H20N4O/c1-12-5-6-13(15-20-19-11-21-15)9-14(12)18-10-16(2,3)7-4-8-17/h5-6,9,11,18H,4,7,10H2,1-3H3. The summed E-state index contributed by atoms with van der Waals surface area (Å²) in [4.78, 5) is 0. The first-order valence-corrected chi connectivity index (χ1v) is 7.00. The summed E-state index contributed by atoms with van der Waals surface area (Å²) in [5, 5.41) is 19.8. The molecule has 0 aliphatic carbocycles. The van der Waals surface area contributed by atoms with E-state index < -0.39 is 0 Å². The van der Waals surface area contributed by atoms with Gasteiger partial charge >= 0.3 is 0 Å². The summed E-state index contributed by atoms with van der Waals surface area (Å²) >= 11 is 0. The average molecular weight is 284 g/mol. The Bertz CT molecular complexity index is 626. The van der Waals surface area contributed by atoms with Crippen LogP contribution >= 0.6 is 0 Å². The molecule has 1 aromatic carbocycles. The van der Waals surface area contributed by atoms with Crippen molar-refractivity contribution in [2.75, 3.05) is 11.9 Å². The number of benzene rings is 1. The highest BCUT2D eigenvalue weighted by molar-refractivity contribution is 5.64. The van der Waals surface area contributed by atoms with E-state index in [0.717, 1.165) is 29.8 Å². The molecule has 1 aromatic heterocycles. The summed E-state index contributed by atoms with van der Waals surface area (Å²) in [7, 11) is 0. The molecule has 0 atom stereocenters. The SMILES string of the molecule is Cc1ccc(-c2nnco2)cc1NCC(C)(C)CCC#N. The number of hydrogen-bond donors (Lipinski definition) is 1. The van der Waals surface area contributed by atoms with Crippen molar-refractivity contribution in [3.63, 3.8) is 0 Å². The molecule has 5 nitrogen and oxygen atoms in total. The topological polar surface area (TPSA) is 74.7 Å². The van der Waals surface area contributed by atoms with Gasteiger partial charge in [0.15, 0.2) is 0 Å². The summed E-state index contributed by atoms with van der Waals surface area (Å²) in [6.45, 7) is 7.19. The predicted octanol–water partition coefficient (Wildman–Crippen LogP) is 3.79. The van der Waals surface area contributed by atoms with Crippen molar-refractivity contribution in [3.05, 3.63) is 30.2 Å². The van der Waals surface area contributed by atoms with Gasteiger partial charge in [0.05, 0.1) is 6.07 Å². The van der Waals surface area contributed by atoms with Crippen LogP contribution in [0.25, 0.3) is 11.5 Å². The molecule has 0 saturated heterocycles. The first kappa shape index (κ1) is 15.0. The lowest BCUT2D eigenvalue weighted by Gasteiger charge is -2.25. The fraction of sp³-hybridized carbons (Fsp3) is 0.438. The lowest BCUT2D eigenvalue weighted by molar-refractivity contribution is 0.364. The van der Waals surface area contributed by atoms with Gasteiger partial charge in [0.1, 0.15) is 0 Å². The molecular formula is C16H20N4O. The van der Waals surface area contributed by atoms with Gasteiger partial charge in [-0.2, -0.15) is 5.26 Å². The molecule has 1 N–H and O–H groups in total. The Balaban J connectivity index is 2.10. The third-order valence-electron chi connectivity index (χ3n) is 3.52. The molecule has 1 heterocycles. The first-order valence-electron chi connectivity index (χ1n) is 7.00. The molecule has 5 heteroatoms. The number of hydrogen-bond acceptors (Lipinski definition) is 5. The monoisotopic (exact) mass is 284 g/mol. The van der Waals surface area contributed by atoms with Crippen molar-refractivity contribution < 1.29 is 4.42 Å². The van der Waals surface area contributed by atoms with Gasteiger partial charge in [0, 0.05) is 24.2 Å². The summed E-state index contributed by atoms with van der Waals surface area (Å²) in [6.07, 6.45) is 2.78. The van der Waals surface area contributed by atoms with Crippen LogP contribution in [0.1, 0.15) is 32.3 Å². The molecule has 0 aliphatic rings. The van der Waals surface area contributed by atoms with Crippen molar-refractivity contribution in [2.24, 2.45) is 5.41 Å². The van der Waals surface area contributed by atoms with E-state index in [4.69, 9.17) is 9.68 Å². The zero-order valence-electron chi connectivity index (χ0n) is 12.7. The van der Waals surface area contributed by atoms with E-state index in [1.807, 2.05) is 18.2 Å². The fourth-order valence-electron chi connectivity index (χ4n) is 2.06. The Morgan fingerprint density at radius 1 is 1.38 bits per heavy atom. The quantitative estimate of drug-likeness (QED) is 0.873. The maximum atomic E-state index is 8.71. The van der Waals surface area contributed by atoms with Crippen molar-refractivity contribution >= 4 is 5.69 Å². The third-order valence-corrected chi connectivity index (χ3v) is 3.52. The molecule has 0 fully saturated rings. The lowest BCUT2D eigenvalue weighted by atomic mass is 9.88. The highest BCUT2D eigenvalue weighted by Gasteiger charge is 2.17. The molecule has 0 saturated carbocycles. The maximum absolute atomic E-state index is 8.71. The Hall–Kier alpha value is -2.35. The zero-order chi connectivity index (χ0) is 15.3. The fourth-order valence-corrected chi connectivity index (χ4v) is 2.06. The number of rotatable bonds is 6. The number of nitrogens with one attached hydrogen (secondary N) is 1. The predicted molar refractivity (Wildman–Crippen MR) is 81.6 cm³/mol. The second kappa shape index (κ2) is 6.40. The van der Waals surface area contributed by atoms with Gasteiger partial charge in [-0.15, -0.1) is 10.2 Å². The first-order chi connectivity index (χ1) is 10.0. The molecule has 0 spiro atoms. The zero-order valence-corrected chi connectivity index (χ0v) is 12.7. The Morgan fingerprint density at radius 2 is 2.19 bits per heavy atom. The van der Waals surface area contributed by atoms with E-state index >= 15 is 0 Å². The van der Waals surface area contributed by atoms with Crippen LogP contribution in [0.15, 0.2) is 29.0 Å². The lowest BCUT2D eigenvalue weighted by Crippen LogP contribution is -2.23. The molecule has 0 aliphatic heterocycles. The van der Waals surface area contributed by atoms with Crippen LogP contribution in [-0.4, -0.2) is 16.7 Å². The molecular weight excluding hydrogens is 264 g/mol. The second-order valence-corrected chi connectivity index (χ2v) is 5.95. The summed E-state index contributed by atoms with van der Waals surface area (Å²) < 4.78 is 5.23. The van der Waals surface area contributed by atoms with Gasteiger partial charge in [-0.25, -0.2) is 0 Å². The third kappa shape index (κ3) is 4.06. The van der Waals surface area contributed by atoms with Crippen molar-refractivity contribution in [1.29, 1.82) is 5.26 Å². The Labute approximate surface area is 125 Å². The minimum atomic E-state index is 0.0721. The van der Waals surface area contributed by atoms with Gasteiger partial charge in [-0.05, 0) is 36.5 Å². The molecule has 0 bridgehead atoms. The smallest absolute Gasteiger partial charge is 0.247 e. The van der Waals surface area contributed by atoms with Gasteiger partial charge in [-0.3, -0.25) is 0 Å². The normalized spacial score (nSPS) is 11.1. The average Bonchev–Trinajstić information content (AvgIpc) is 2.98. The maximum Gasteiger partial charge on any atom is 0.247 e. The number of nitriles is 1. The van der Waals surface area contributed by atoms with Crippen LogP contribution in [0.5, 0.6) is 0 Å². The number of aromatic nitrogens is 2. The highest BCUT2D eigenvalue weighted by Crippen LogP contribution is 2.27. The second-order valence-electron chi connectivity index (χ2n) is 5.95. The van der Waals surface area contributed by atoms with Crippen molar-refractivity contribution in [1.82, 2.24) is 10.2 Å². The minimum absolute atomic E-state index is 0.0721. The Kier molecular flexibility index (Phi) is 4.59. The molecule has 2 aromatic rings. The van der Waals surface area contributed by atoms with E-state index in [2.05, 4.69) is 42.4 Å². The summed E-state index contributed by atoms with van der Waals surface area (Å²) in [5.41, 5.74) is 3.18. The number of aryl methyl sites for hydroxylation is 1. The van der Waals surface area contributed by atoms with Crippen LogP contribution < -0.4 is 5.32 Å². The molecule has 2 rings (SSSR count). The van der Waals surface area contributed by atoms with Crippen LogP contribution in [0.3, 0.4) is 0 Å². The van der Waals surface area contributed by atoms with Gasteiger partial charge < -0.3 is 9.73 Å². The molecule has 21 heavy (non-hydrogen) atoms. The van der Waals surface area contributed by atoms with E-state index in [1.165, 1.54) is 6.39 Å².